The van der Waals surface area contributed by atoms with Crippen molar-refractivity contribution in [3.63, 3.8) is 0 Å². The third-order valence-electron chi connectivity index (χ3n) is 2.91. The molecule has 0 aliphatic heterocycles. The molecule has 0 bridgehead atoms. The first-order valence-electron chi connectivity index (χ1n) is 7.44. The lowest BCUT2D eigenvalue weighted by atomic mass is 10.2. The van der Waals surface area contributed by atoms with Gasteiger partial charge in [0.2, 0.25) is 16.7 Å². The van der Waals surface area contributed by atoms with Gasteiger partial charge in [-0.25, -0.2) is 0 Å². The van der Waals surface area contributed by atoms with Gasteiger partial charge in [-0.2, -0.15) is 9.97 Å². The molecule has 7 nitrogen and oxygen atoms in total. The van der Waals surface area contributed by atoms with E-state index in [4.69, 9.17) is 22.4 Å². The molecule has 0 saturated heterocycles. The normalized spacial score (nSPS) is 10.6. The number of unbranched alkanes of at least 4 members (excludes halogenated alkanes) is 4. The van der Waals surface area contributed by atoms with E-state index < -0.39 is 0 Å². The molecule has 120 valence electrons. The smallest absolute Gasteiger partial charge is 0.225 e. The maximum absolute atomic E-state index is 8.71. The molecule has 0 aromatic carbocycles. The fraction of sp³-hybridized carbons (Fsp3) is 0.769. The summed E-state index contributed by atoms with van der Waals surface area (Å²) < 4.78 is 0.296. The van der Waals surface area contributed by atoms with Crippen molar-refractivity contribution in [2.75, 3.05) is 36.9 Å². The molecule has 0 atom stereocenters. The number of H-pyrrole nitrogens is 1. The van der Waals surface area contributed by atoms with E-state index in [9.17, 15) is 0 Å². The predicted octanol–water partition coefficient (Wildman–Crippen LogP) is 1.68. The molecule has 0 unspecified atom stereocenters. The van der Waals surface area contributed by atoms with Gasteiger partial charge in [-0.15, -0.1) is 0 Å². The molecule has 5 N–H and O–H groups in total. The van der Waals surface area contributed by atoms with Crippen molar-refractivity contribution in [2.24, 2.45) is 0 Å². The Morgan fingerprint density at radius 1 is 0.810 bits per heavy atom. The highest BCUT2D eigenvalue weighted by molar-refractivity contribution is 7.71. The summed E-state index contributed by atoms with van der Waals surface area (Å²) in [6.45, 7) is 2.02. The van der Waals surface area contributed by atoms with Gasteiger partial charge < -0.3 is 20.8 Å². The van der Waals surface area contributed by atoms with E-state index in [0.717, 1.165) is 51.6 Å². The first kappa shape index (κ1) is 17.8. The summed E-state index contributed by atoms with van der Waals surface area (Å²) in [5.41, 5.74) is 0. The van der Waals surface area contributed by atoms with E-state index in [0.29, 0.717) is 16.7 Å². The molecule has 0 saturated carbocycles. The summed E-state index contributed by atoms with van der Waals surface area (Å²) >= 11 is 5.04. The van der Waals surface area contributed by atoms with Crippen LogP contribution in [-0.4, -0.2) is 51.5 Å². The van der Waals surface area contributed by atoms with Crippen molar-refractivity contribution in [1.29, 1.82) is 0 Å². The SMILES string of the molecule is OCCCCCNc1nc(=S)nc(NCCCCCO)[nH]1. The Morgan fingerprint density at radius 3 is 1.71 bits per heavy atom. The van der Waals surface area contributed by atoms with E-state index in [1.165, 1.54) is 0 Å². The third kappa shape index (κ3) is 8.59. The third-order valence-corrected chi connectivity index (χ3v) is 3.09. The van der Waals surface area contributed by atoms with Crippen LogP contribution in [0.1, 0.15) is 38.5 Å². The second-order valence-corrected chi connectivity index (χ2v) is 5.12. The Hall–Kier alpha value is -1.25. The lowest BCUT2D eigenvalue weighted by molar-refractivity contribution is 0.283. The van der Waals surface area contributed by atoms with Gasteiger partial charge in [0.05, 0.1) is 0 Å². The molecule has 0 spiro atoms. The topological polar surface area (TPSA) is 106 Å². The second-order valence-electron chi connectivity index (χ2n) is 4.75. The van der Waals surface area contributed by atoms with Crippen LogP contribution in [0.4, 0.5) is 11.9 Å². The van der Waals surface area contributed by atoms with Crippen LogP contribution in [0.15, 0.2) is 0 Å². The number of rotatable bonds is 12. The van der Waals surface area contributed by atoms with Gasteiger partial charge in [-0.3, -0.25) is 4.98 Å². The van der Waals surface area contributed by atoms with Gasteiger partial charge in [-0.05, 0) is 50.7 Å². The molecule has 1 rings (SSSR count). The van der Waals surface area contributed by atoms with Crippen LogP contribution in [0.3, 0.4) is 0 Å². The minimum absolute atomic E-state index is 0.236. The largest absolute Gasteiger partial charge is 0.396 e. The summed E-state index contributed by atoms with van der Waals surface area (Å²) in [7, 11) is 0. The van der Waals surface area contributed by atoms with Gasteiger partial charge in [0.1, 0.15) is 0 Å². The monoisotopic (exact) mass is 315 g/mol. The summed E-state index contributed by atoms with van der Waals surface area (Å²) in [6.07, 6.45) is 5.53. The van der Waals surface area contributed by atoms with Crippen molar-refractivity contribution < 1.29 is 10.2 Å². The van der Waals surface area contributed by atoms with E-state index in [1.54, 1.807) is 0 Å². The number of anilines is 2. The molecule has 1 aromatic rings. The Labute approximate surface area is 130 Å². The molecule has 0 aliphatic rings. The summed E-state index contributed by atoms with van der Waals surface area (Å²) in [5.74, 6) is 1.22. The number of nitrogens with one attached hydrogen (secondary N) is 3. The standard InChI is InChI=1S/C13H25N5O2S/c19-9-5-1-3-7-14-11-16-12(18-13(21)17-11)15-8-4-2-6-10-20/h19-20H,1-10H2,(H3,14,15,16,17,18,21). The number of hydrogen-bond acceptors (Lipinski definition) is 7. The van der Waals surface area contributed by atoms with Crippen LogP contribution in [0, 0.1) is 4.77 Å². The van der Waals surface area contributed by atoms with Crippen molar-refractivity contribution in [3.05, 3.63) is 4.77 Å². The summed E-state index contributed by atoms with van der Waals surface area (Å²) in [4.78, 5) is 11.3. The van der Waals surface area contributed by atoms with Gasteiger partial charge in [0.15, 0.2) is 0 Å². The quantitative estimate of drug-likeness (QED) is 0.295. The molecule has 1 aromatic heterocycles. The number of nitrogens with zero attached hydrogens (tertiary/aromatic N) is 2. The highest BCUT2D eigenvalue weighted by atomic mass is 32.1. The molecule has 0 amide bonds. The highest BCUT2D eigenvalue weighted by Crippen LogP contribution is 2.05. The van der Waals surface area contributed by atoms with Gasteiger partial charge in [0, 0.05) is 26.3 Å². The molecular formula is C13H25N5O2S. The molecule has 0 aliphatic carbocycles. The predicted molar refractivity (Wildman–Crippen MR) is 86.1 cm³/mol. The molecule has 8 heteroatoms. The fourth-order valence-corrected chi connectivity index (χ4v) is 1.98. The van der Waals surface area contributed by atoms with E-state index in [-0.39, 0.29) is 13.2 Å². The van der Waals surface area contributed by atoms with Gasteiger partial charge in [0.25, 0.3) is 0 Å². The molecular weight excluding hydrogens is 290 g/mol. The minimum atomic E-state index is 0.236. The summed E-state index contributed by atoms with van der Waals surface area (Å²) in [5, 5.41) is 23.8. The lowest BCUT2D eigenvalue weighted by Crippen LogP contribution is -2.11. The minimum Gasteiger partial charge on any atom is -0.396 e. The van der Waals surface area contributed by atoms with Crippen molar-refractivity contribution in [2.45, 2.75) is 38.5 Å². The zero-order chi connectivity index (χ0) is 15.3. The average molecular weight is 315 g/mol. The number of aromatic nitrogens is 3. The maximum Gasteiger partial charge on any atom is 0.225 e. The van der Waals surface area contributed by atoms with E-state index >= 15 is 0 Å². The second kappa shape index (κ2) is 11.4. The van der Waals surface area contributed by atoms with Crippen LogP contribution in [0.25, 0.3) is 0 Å². The molecule has 0 radical (unpaired) electrons. The first-order valence-corrected chi connectivity index (χ1v) is 7.85. The van der Waals surface area contributed by atoms with Gasteiger partial charge in [-0.1, -0.05) is 0 Å². The molecule has 0 fully saturated rings. The zero-order valence-corrected chi connectivity index (χ0v) is 13.1. The number of aliphatic hydroxyl groups excluding tert-OH is 2. The number of aromatic amines is 1. The molecule has 1 heterocycles. The Balaban J connectivity index is 2.34. The fourth-order valence-electron chi connectivity index (χ4n) is 1.79. The van der Waals surface area contributed by atoms with Gasteiger partial charge >= 0.3 is 0 Å². The van der Waals surface area contributed by atoms with Crippen LogP contribution >= 0.6 is 12.2 Å². The first-order chi connectivity index (χ1) is 10.3. The van der Waals surface area contributed by atoms with Crippen molar-refractivity contribution in [3.8, 4) is 0 Å². The Kier molecular flexibility index (Phi) is 9.68. The Morgan fingerprint density at radius 2 is 1.29 bits per heavy atom. The van der Waals surface area contributed by atoms with Crippen molar-refractivity contribution in [1.82, 2.24) is 15.0 Å². The lowest BCUT2D eigenvalue weighted by Gasteiger charge is -2.09. The van der Waals surface area contributed by atoms with E-state index in [2.05, 4.69) is 25.6 Å². The molecule has 21 heavy (non-hydrogen) atoms. The number of aliphatic hydroxyl groups is 2. The Bertz CT molecular complexity index is 406. The highest BCUT2D eigenvalue weighted by Gasteiger charge is 2.00. The van der Waals surface area contributed by atoms with Crippen LogP contribution in [0.5, 0.6) is 0 Å². The van der Waals surface area contributed by atoms with Crippen LogP contribution in [0.2, 0.25) is 0 Å². The van der Waals surface area contributed by atoms with Crippen molar-refractivity contribution >= 4 is 24.1 Å². The summed E-state index contributed by atoms with van der Waals surface area (Å²) in [6, 6.07) is 0. The van der Waals surface area contributed by atoms with Crippen LogP contribution < -0.4 is 10.6 Å². The number of hydrogen-bond donors (Lipinski definition) is 5. The maximum atomic E-state index is 8.71. The average Bonchev–Trinajstić information content (AvgIpc) is 2.46. The zero-order valence-electron chi connectivity index (χ0n) is 12.3. The van der Waals surface area contributed by atoms with Crippen LogP contribution in [-0.2, 0) is 0 Å². The van der Waals surface area contributed by atoms with E-state index in [1.807, 2.05) is 0 Å².